The lowest BCUT2D eigenvalue weighted by Crippen LogP contribution is -2.40. The molecule has 1 saturated heterocycles. The molecule has 2 atom stereocenters. The van der Waals surface area contributed by atoms with Crippen molar-refractivity contribution in [1.82, 2.24) is 30.1 Å². The molecule has 35 heavy (non-hydrogen) atoms. The van der Waals surface area contributed by atoms with Crippen molar-refractivity contribution in [3.05, 3.63) is 51.1 Å². The lowest BCUT2D eigenvalue weighted by Gasteiger charge is -2.35. The van der Waals surface area contributed by atoms with E-state index in [1.165, 1.54) is 24.0 Å². The van der Waals surface area contributed by atoms with Crippen LogP contribution in [0.1, 0.15) is 87.0 Å². The zero-order valence-electron chi connectivity index (χ0n) is 21.5. The van der Waals surface area contributed by atoms with Crippen molar-refractivity contribution in [3.63, 3.8) is 0 Å². The molecule has 5 rings (SSSR count). The Bertz CT molecular complexity index is 1220. The lowest BCUT2D eigenvalue weighted by atomic mass is 9.99. The monoisotopic (exact) mass is 478 g/mol. The van der Waals surface area contributed by atoms with Gasteiger partial charge in [0.05, 0.1) is 18.2 Å². The predicted octanol–water partition coefficient (Wildman–Crippen LogP) is 4.62. The van der Waals surface area contributed by atoms with Gasteiger partial charge in [0.15, 0.2) is 5.82 Å². The summed E-state index contributed by atoms with van der Waals surface area (Å²) < 4.78 is 8.11. The third-order valence-electron chi connectivity index (χ3n) is 7.85. The van der Waals surface area contributed by atoms with Crippen molar-refractivity contribution in [3.8, 4) is 0 Å². The third kappa shape index (κ3) is 5.05. The Balaban J connectivity index is 1.53. The van der Waals surface area contributed by atoms with Crippen LogP contribution in [0.4, 0.5) is 0 Å². The minimum absolute atomic E-state index is 0.00958. The minimum atomic E-state index is -0.0315. The van der Waals surface area contributed by atoms with Crippen molar-refractivity contribution in [2.75, 3.05) is 13.2 Å². The van der Waals surface area contributed by atoms with E-state index in [-0.39, 0.29) is 23.6 Å². The first-order valence-corrected chi connectivity index (χ1v) is 13.2. The molecule has 0 amide bonds. The van der Waals surface area contributed by atoms with Crippen molar-refractivity contribution >= 4 is 10.9 Å². The van der Waals surface area contributed by atoms with E-state index in [0.717, 1.165) is 61.1 Å². The molecule has 1 aromatic carbocycles. The molecule has 3 heterocycles. The highest BCUT2D eigenvalue weighted by Crippen LogP contribution is 2.35. The van der Waals surface area contributed by atoms with Crippen LogP contribution in [0.2, 0.25) is 0 Å². The number of fused-ring (bicyclic) bond motifs is 1. The van der Waals surface area contributed by atoms with Gasteiger partial charge in [0.25, 0.3) is 5.56 Å². The molecule has 188 valence electrons. The van der Waals surface area contributed by atoms with Crippen LogP contribution in [0.15, 0.2) is 23.0 Å². The topological polar surface area (TPSA) is 88.9 Å². The molecule has 8 heteroatoms. The molecule has 1 N–H and O–H groups in total. The Kier molecular flexibility index (Phi) is 7.02. The number of ether oxygens (including phenoxy) is 1. The van der Waals surface area contributed by atoms with Crippen molar-refractivity contribution in [2.24, 2.45) is 5.92 Å². The number of aromatic nitrogens is 5. The third-order valence-corrected chi connectivity index (χ3v) is 7.85. The van der Waals surface area contributed by atoms with E-state index in [2.05, 4.69) is 76.0 Å². The number of nitrogens with one attached hydrogen (secondary N) is 1. The molecule has 3 aromatic rings. The molecule has 0 bridgehead atoms. The second kappa shape index (κ2) is 10.2. The van der Waals surface area contributed by atoms with E-state index in [1.807, 2.05) is 0 Å². The van der Waals surface area contributed by atoms with Gasteiger partial charge in [0.2, 0.25) is 0 Å². The fourth-order valence-electron chi connectivity index (χ4n) is 5.87. The molecule has 1 saturated carbocycles. The van der Waals surface area contributed by atoms with Crippen molar-refractivity contribution in [2.45, 2.75) is 91.0 Å². The van der Waals surface area contributed by atoms with Crippen LogP contribution in [0.5, 0.6) is 0 Å². The van der Waals surface area contributed by atoms with Gasteiger partial charge >= 0.3 is 0 Å². The molecular weight excluding hydrogens is 440 g/mol. The first-order valence-electron chi connectivity index (χ1n) is 13.2. The van der Waals surface area contributed by atoms with Gasteiger partial charge in [-0.3, -0.25) is 9.69 Å². The van der Waals surface area contributed by atoms with E-state index >= 15 is 0 Å². The Morgan fingerprint density at radius 1 is 1.11 bits per heavy atom. The first kappa shape index (κ1) is 24.1. The maximum absolute atomic E-state index is 13.2. The number of tetrazole rings is 1. The highest BCUT2D eigenvalue weighted by molar-refractivity contribution is 5.80. The van der Waals surface area contributed by atoms with E-state index < -0.39 is 0 Å². The summed E-state index contributed by atoms with van der Waals surface area (Å²) in [5, 5.41) is 14.1. The summed E-state index contributed by atoms with van der Waals surface area (Å²) >= 11 is 0. The fourth-order valence-corrected chi connectivity index (χ4v) is 5.87. The van der Waals surface area contributed by atoms with Crippen molar-refractivity contribution in [1.29, 1.82) is 0 Å². The van der Waals surface area contributed by atoms with Gasteiger partial charge in [-0.2, -0.15) is 0 Å². The normalized spacial score (nSPS) is 20.0. The van der Waals surface area contributed by atoms with Crippen molar-refractivity contribution < 1.29 is 4.74 Å². The predicted molar refractivity (Wildman–Crippen MR) is 136 cm³/mol. The van der Waals surface area contributed by atoms with E-state index in [9.17, 15) is 4.79 Å². The van der Waals surface area contributed by atoms with E-state index in [4.69, 9.17) is 4.74 Å². The average Bonchev–Trinajstić information content (AvgIpc) is 3.58. The first-order chi connectivity index (χ1) is 16.9. The Morgan fingerprint density at radius 2 is 1.89 bits per heavy atom. The Labute approximate surface area is 207 Å². The maximum atomic E-state index is 13.2. The van der Waals surface area contributed by atoms with E-state index in [0.29, 0.717) is 12.6 Å². The molecule has 2 aromatic heterocycles. The SMILES string of the molecule is Cc1cc2cc(CN(CC3CCCO3)C(c3nnnn3C3CCCC3)C(C)C)c(=O)[nH]c2cc1C. The summed E-state index contributed by atoms with van der Waals surface area (Å²) in [5.74, 6) is 1.18. The van der Waals surface area contributed by atoms with Crippen LogP contribution < -0.4 is 5.56 Å². The molecule has 2 unspecified atom stereocenters. The number of aryl methyl sites for hydroxylation is 2. The fraction of sp³-hybridized carbons (Fsp3) is 0.630. The quantitative estimate of drug-likeness (QED) is 0.508. The molecular formula is C27H38N6O2. The number of pyridine rings is 1. The Hall–Kier alpha value is -2.58. The van der Waals surface area contributed by atoms with Crippen LogP contribution in [-0.4, -0.2) is 49.3 Å². The summed E-state index contributed by atoms with van der Waals surface area (Å²) in [5.41, 5.74) is 4.03. The zero-order chi connectivity index (χ0) is 24.5. The van der Waals surface area contributed by atoms with Gasteiger partial charge in [-0.1, -0.05) is 26.7 Å². The highest BCUT2D eigenvalue weighted by atomic mass is 16.5. The van der Waals surface area contributed by atoms with Crippen LogP contribution in [-0.2, 0) is 11.3 Å². The average molecular weight is 479 g/mol. The van der Waals surface area contributed by atoms with Crippen LogP contribution in [0, 0.1) is 19.8 Å². The van der Waals surface area contributed by atoms with Crippen LogP contribution in [0.3, 0.4) is 0 Å². The number of rotatable bonds is 8. The number of H-pyrrole nitrogens is 1. The minimum Gasteiger partial charge on any atom is -0.377 e. The smallest absolute Gasteiger partial charge is 0.252 e. The number of nitrogens with zero attached hydrogens (tertiary/aromatic N) is 5. The summed E-state index contributed by atoms with van der Waals surface area (Å²) in [6.45, 7) is 10.7. The summed E-state index contributed by atoms with van der Waals surface area (Å²) in [6, 6.07) is 6.63. The molecule has 0 radical (unpaired) electrons. The molecule has 8 nitrogen and oxygen atoms in total. The van der Waals surface area contributed by atoms with Gasteiger partial charge in [0.1, 0.15) is 0 Å². The summed E-state index contributed by atoms with van der Waals surface area (Å²) in [6.07, 6.45) is 6.98. The largest absolute Gasteiger partial charge is 0.377 e. The number of benzene rings is 1. The maximum Gasteiger partial charge on any atom is 0.252 e. The molecule has 0 spiro atoms. The van der Waals surface area contributed by atoms with Gasteiger partial charge in [-0.25, -0.2) is 4.68 Å². The van der Waals surface area contributed by atoms with Gasteiger partial charge in [0, 0.05) is 30.8 Å². The van der Waals surface area contributed by atoms with Crippen LogP contribution in [0.25, 0.3) is 10.9 Å². The molecule has 1 aliphatic carbocycles. The number of hydrogen-bond acceptors (Lipinski definition) is 6. The molecule has 2 aliphatic rings. The molecule has 2 fully saturated rings. The Morgan fingerprint density at radius 3 is 2.60 bits per heavy atom. The standard InChI is InChI=1S/C27H38N6O2/c1-17(2)25(26-29-30-31-33(26)22-8-5-6-9-22)32(16-23-10-7-11-35-23)15-21-14-20-12-18(3)19(4)13-24(20)28-27(21)34/h12-14,17,22-23,25H,5-11,15-16H2,1-4H3,(H,28,34). The highest BCUT2D eigenvalue weighted by Gasteiger charge is 2.34. The number of hydrogen-bond donors (Lipinski definition) is 1. The van der Waals surface area contributed by atoms with Crippen LogP contribution >= 0.6 is 0 Å². The zero-order valence-corrected chi connectivity index (χ0v) is 21.5. The second-order valence-electron chi connectivity index (χ2n) is 10.8. The van der Waals surface area contributed by atoms with Gasteiger partial charge in [-0.05, 0) is 90.6 Å². The summed E-state index contributed by atoms with van der Waals surface area (Å²) in [4.78, 5) is 18.7. The van der Waals surface area contributed by atoms with Gasteiger partial charge in [-0.15, -0.1) is 5.10 Å². The number of aromatic amines is 1. The van der Waals surface area contributed by atoms with Gasteiger partial charge < -0.3 is 9.72 Å². The van der Waals surface area contributed by atoms with E-state index in [1.54, 1.807) is 0 Å². The lowest BCUT2D eigenvalue weighted by molar-refractivity contribution is 0.0379. The molecule has 1 aliphatic heterocycles. The summed E-state index contributed by atoms with van der Waals surface area (Å²) in [7, 11) is 0. The second-order valence-corrected chi connectivity index (χ2v) is 10.8.